The zero-order chi connectivity index (χ0) is 11.2. The van der Waals surface area contributed by atoms with E-state index in [4.69, 9.17) is 10.4 Å². The van der Waals surface area contributed by atoms with Crippen LogP contribution in [0.15, 0.2) is 0 Å². The third-order valence-electron chi connectivity index (χ3n) is 2.58. The van der Waals surface area contributed by atoms with E-state index >= 15 is 0 Å². The molecule has 0 aromatic heterocycles. The lowest BCUT2D eigenvalue weighted by molar-refractivity contribution is 0.164. The van der Waals surface area contributed by atoms with Crippen LogP contribution in [0.1, 0.15) is 57.8 Å². The first-order valence-electron chi connectivity index (χ1n) is 6.15. The van der Waals surface area contributed by atoms with Crippen LogP contribution in [0, 0.1) is 0 Å². The predicted octanol–water partition coefficient (Wildman–Crippen LogP) is 2.45. The molecule has 0 saturated carbocycles. The molecule has 0 amide bonds. The van der Waals surface area contributed by atoms with E-state index in [1.54, 1.807) is 0 Å². The maximum Gasteiger partial charge on any atom is 0.0207 e. The smallest absolute Gasteiger partial charge is 0.0207 e. The van der Waals surface area contributed by atoms with Gasteiger partial charge in [0.05, 0.1) is 0 Å². The molecule has 0 aliphatic heterocycles. The number of hydrogen-bond donors (Lipinski definition) is 4. The van der Waals surface area contributed by atoms with Crippen molar-refractivity contribution in [3.63, 3.8) is 0 Å². The lowest BCUT2D eigenvalue weighted by Crippen LogP contribution is -2.08. The quantitative estimate of drug-likeness (QED) is 0.300. The topological polar surface area (TPSA) is 64.5 Å². The van der Waals surface area contributed by atoms with Gasteiger partial charge in [-0.2, -0.15) is 0 Å². The van der Waals surface area contributed by atoms with Gasteiger partial charge < -0.3 is 10.4 Å². The number of unbranched alkanes of at least 4 members (excludes halogenated alkanes) is 8. The van der Waals surface area contributed by atoms with E-state index in [1.165, 1.54) is 44.9 Å². The third-order valence-corrected chi connectivity index (χ3v) is 2.58. The standard InChI is InChI=1S/C11H26N2O2/c14-12-10-8-6-4-2-1-3-5-7-9-11-13-15/h12-15H,1-11H2. The Morgan fingerprint density at radius 1 is 0.467 bits per heavy atom. The average Bonchev–Trinajstić information content (AvgIpc) is 2.26. The molecule has 15 heavy (non-hydrogen) atoms. The first-order valence-corrected chi connectivity index (χ1v) is 6.15. The molecule has 0 bridgehead atoms. The SMILES string of the molecule is ONCCCCCCCCCCCNO. The Balaban J connectivity index is 2.81. The van der Waals surface area contributed by atoms with Crippen LogP contribution in [0.4, 0.5) is 0 Å². The first-order chi connectivity index (χ1) is 7.41. The van der Waals surface area contributed by atoms with Crippen molar-refractivity contribution < 1.29 is 10.4 Å². The highest BCUT2D eigenvalue weighted by Crippen LogP contribution is 2.09. The molecule has 0 atom stereocenters. The molecule has 4 heteroatoms. The summed E-state index contributed by atoms with van der Waals surface area (Å²) in [6, 6.07) is 0. The van der Waals surface area contributed by atoms with Crippen LogP contribution in [-0.2, 0) is 0 Å². The molecular weight excluding hydrogens is 192 g/mol. The van der Waals surface area contributed by atoms with Crippen LogP contribution in [0.5, 0.6) is 0 Å². The molecule has 4 nitrogen and oxygen atoms in total. The van der Waals surface area contributed by atoms with Crippen molar-refractivity contribution in [3.8, 4) is 0 Å². The summed E-state index contributed by atoms with van der Waals surface area (Å²) in [7, 11) is 0. The Bertz CT molecular complexity index is 101. The average molecular weight is 218 g/mol. The Labute approximate surface area is 93.0 Å². The highest BCUT2D eigenvalue weighted by atomic mass is 16.5. The maximum atomic E-state index is 8.34. The predicted molar refractivity (Wildman–Crippen MR) is 61.1 cm³/mol. The molecule has 0 radical (unpaired) electrons. The van der Waals surface area contributed by atoms with Gasteiger partial charge in [0, 0.05) is 13.1 Å². The summed E-state index contributed by atoms with van der Waals surface area (Å²) >= 11 is 0. The third kappa shape index (κ3) is 13.8. The maximum absolute atomic E-state index is 8.34. The molecule has 0 saturated heterocycles. The van der Waals surface area contributed by atoms with Crippen LogP contribution < -0.4 is 11.0 Å². The summed E-state index contributed by atoms with van der Waals surface area (Å²) in [5, 5.41) is 16.7. The molecule has 92 valence electrons. The van der Waals surface area contributed by atoms with E-state index in [9.17, 15) is 0 Å². The van der Waals surface area contributed by atoms with Crippen LogP contribution in [0.3, 0.4) is 0 Å². The number of hydroxylamine groups is 2. The van der Waals surface area contributed by atoms with Crippen LogP contribution in [0.2, 0.25) is 0 Å². The summed E-state index contributed by atoms with van der Waals surface area (Å²) in [5.74, 6) is 0. The van der Waals surface area contributed by atoms with Gasteiger partial charge in [-0.3, -0.25) is 0 Å². The summed E-state index contributed by atoms with van der Waals surface area (Å²) in [6.45, 7) is 1.43. The minimum Gasteiger partial charge on any atom is -0.317 e. The number of nitrogens with one attached hydrogen (secondary N) is 2. The van der Waals surface area contributed by atoms with Crippen LogP contribution in [-0.4, -0.2) is 23.5 Å². The van der Waals surface area contributed by atoms with Gasteiger partial charge in [-0.15, -0.1) is 0 Å². The normalized spacial score (nSPS) is 10.8. The van der Waals surface area contributed by atoms with Crippen molar-refractivity contribution in [1.82, 2.24) is 11.0 Å². The van der Waals surface area contributed by atoms with Gasteiger partial charge in [-0.25, -0.2) is 11.0 Å². The molecular formula is C11H26N2O2. The highest BCUT2D eigenvalue weighted by molar-refractivity contribution is 4.48. The largest absolute Gasteiger partial charge is 0.317 e. The second-order valence-corrected chi connectivity index (χ2v) is 4.00. The summed E-state index contributed by atoms with van der Waals surface area (Å²) < 4.78 is 0. The van der Waals surface area contributed by atoms with Crippen molar-refractivity contribution in [2.45, 2.75) is 57.8 Å². The minimum atomic E-state index is 0.716. The minimum absolute atomic E-state index is 0.716. The van der Waals surface area contributed by atoms with E-state index in [-0.39, 0.29) is 0 Å². The van der Waals surface area contributed by atoms with E-state index in [2.05, 4.69) is 11.0 Å². The monoisotopic (exact) mass is 218 g/mol. The van der Waals surface area contributed by atoms with Gasteiger partial charge in [0.2, 0.25) is 0 Å². The molecule has 4 N–H and O–H groups in total. The Kier molecular flexibility index (Phi) is 13.7. The van der Waals surface area contributed by atoms with Gasteiger partial charge in [0.1, 0.15) is 0 Å². The van der Waals surface area contributed by atoms with Gasteiger partial charge in [-0.1, -0.05) is 44.9 Å². The molecule has 0 aliphatic rings. The van der Waals surface area contributed by atoms with Crippen molar-refractivity contribution in [2.75, 3.05) is 13.1 Å². The van der Waals surface area contributed by atoms with Crippen LogP contribution >= 0.6 is 0 Å². The van der Waals surface area contributed by atoms with E-state index in [0.29, 0.717) is 13.1 Å². The lowest BCUT2D eigenvalue weighted by atomic mass is 10.1. The summed E-state index contributed by atoms with van der Waals surface area (Å²) in [5.41, 5.74) is 4.34. The molecule has 0 heterocycles. The number of rotatable bonds is 12. The molecule has 0 spiro atoms. The van der Waals surface area contributed by atoms with E-state index in [1.807, 2.05) is 0 Å². The van der Waals surface area contributed by atoms with E-state index < -0.39 is 0 Å². The van der Waals surface area contributed by atoms with Gasteiger partial charge in [-0.05, 0) is 12.8 Å². The molecule has 0 rings (SSSR count). The summed E-state index contributed by atoms with van der Waals surface area (Å²) in [4.78, 5) is 0. The fourth-order valence-corrected chi connectivity index (χ4v) is 1.65. The van der Waals surface area contributed by atoms with Gasteiger partial charge in [0.15, 0.2) is 0 Å². The molecule has 0 fully saturated rings. The second kappa shape index (κ2) is 13.8. The number of hydrogen-bond acceptors (Lipinski definition) is 4. The fraction of sp³-hybridized carbons (Fsp3) is 1.00. The van der Waals surface area contributed by atoms with Crippen molar-refractivity contribution >= 4 is 0 Å². The Morgan fingerprint density at radius 3 is 1.00 bits per heavy atom. The zero-order valence-electron chi connectivity index (χ0n) is 9.67. The van der Waals surface area contributed by atoms with Crippen molar-refractivity contribution in [3.05, 3.63) is 0 Å². The molecule has 0 aliphatic carbocycles. The van der Waals surface area contributed by atoms with Crippen molar-refractivity contribution in [1.29, 1.82) is 0 Å². The van der Waals surface area contributed by atoms with E-state index in [0.717, 1.165) is 12.8 Å². The summed E-state index contributed by atoms with van der Waals surface area (Å²) in [6.07, 6.45) is 11.0. The highest BCUT2D eigenvalue weighted by Gasteiger charge is 1.92. The zero-order valence-corrected chi connectivity index (χ0v) is 9.67. The van der Waals surface area contributed by atoms with Gasteiger partial charge in [0.25, 0.3) is 0 Å². The molecule has 0 aromatic rings. The van der Waals surface area contributed by atoms with Crippen LogP contribution in [0.25, 0.3) is 0 Å². The lowest BCUT2D eigenvalue weighted by Gasteiger charge is -2.02. The second-order valence-electron chi connectivity index (χ2n) is 4.00. The van der Waals surface area contributed by atoms with Crippen molar-refractivity contribution in [2.24, 2.45) is 0 Å². The Morgan fingerprint density at radius 2 is 0.733 bits per heavy atom. The molecule has 0 aromatic carbocycles. The first kappa shape index (κ1) is 14.8. The Hall–Kier alpha value is -0.160. The molecule has 0 unspecified atom stereocenters. The fourth-order valence-electron chi connectivity index (χ4n) is 1.65. The van der Waals surface area contributed by atoms with Gasteiger partial charge >= 0.3 is 0 Å².